The summed E-state index contributed by atoms with van der Waals surface area (Å²) in [5.74, 6) is -0.627. The molecule has 220 valence electrons. The average molecular weight is 619 g/mol. The van der Waals surface area contributed by atoms with E-state index in [1.54, 1.807) is 24.3 Å². The van der Waals surface area contributed by atoms with Crippen molar-refractivity contribution < 1.29 is 18.0 Å². The van der Waals surface area contributed by atoms with E-state index in [9.17, 15) is 18.0 Å². The second-order valence-corrected chi connectivity index (χ2v) is 13.1. The van der Waals surface area contributed by atoms with E-state index in [4.69, 9.17) is 23.2 Å². The highest BCUT2D eigenvalue weighted by Crippen LogP contribution is 2.35. The molecule has 41 heavy (non-hydrogen) atoms. The maximum Gasteiger partial charge on any atom is 0.264 e. The predicted molar refractivity (Wildman–Crippen MR) is 166 cm³/mol. The van der Waals surface area contributed by atoms with Crippen molar-refractivity contribution in [2.45, 2.75) is 58.5 Å². The van der Waals surface area contributed by atoms with Crippen molar-refractivity contribution in [3.8, 4) is 0 Å². The van der Waals surface area contributed by atoms with Crippen molar-refractivity contribution in [1.82, 2.24) is 10.2 Å². The van der Waals surface area contributed by atoms with Gasteiger partial charge in [0.2, 0.25) is 11.8 Å². The van der Waals surface area contributed by atoms with Gasteiger partial charge in [0.05, 0.1) is 20.6 Å². The first-order chi connectivity index (χ1) is 19.3. The first kappa shape index (κ1) is 32.4. The molecule has 10 heteroatoms. The van der Waals surface area contributed by atoms with Crippen molar-refractivity contribution in [2.24, 2.45) is 5.92 Å². The molecule has 0 spiro atoms. The van der Waals surface area contributed by atoms with E-state index >= 15 is 0 Å². The molecule has 3 aromatic carbocycles. The molecule has 3 rings (SSSR count). The number of hydrogen-bond donors (Lipinski definition) is 1. The minimum absolute atomic E-state index is 0.00102. The molecule has 0 heterocycles. The number of halogens is 2. The monoisotopic (exact) mass is 617 g/mol. The van der Waals surface area contributed by atoms with E-state index < -0.39 is 28.5 Å². The topological polar surface area (TPSA) is 86.8 Å². The first-order valence-corrected chi connectivity index (χ1v) is 15.7. The van der Waals surface area contributed by atoms with Gasteiger partial charge in [-0.3, -0.25) is 13.9 Å². The quantitative estimate of drug-likeness (QED) is 0.255. The molecule has 1 N–H and O–H groups in total. The van der Waals surface area contributed by atoms with Gasteiger partial charge in [0.15, 0.2) is 0 Å². The lowest BCUT2D eigenvalue weighted by Gasteiger charge is -2.33. The van der Waals surface area contributed by atoms with Crippen LogP contribution in [-0.4, -0.2) is 44.3 Å². The molecule has 0 radical (unpaired) electrons. The van der Waals surface area contributed by atoms with E-state index in [0.29, 0.717) is 13.0 Å². The predicted octanol–water partition coefficient (Wildman–Crippen LogP) is 6.39. The Bertz CT molecular complexity index is 1480. The molecule has 0 aliphatic heterocycles. The van der Waals surface area contributed by atoms with Crippen molar-refractivity contribution >= 4 is 50.7 Å². The number of anilines is 1. The summed E-state index contributed by atoms with van der Waals surface area (Å²) in [6.45, 7) is 9.58. The van der Waals surface area contributed by atoms with Gasteiger partial charge in [-0.25, -0.2) is 8.42 Å². The third-order valence-electron chi connectivity index (χ3n) is 6.59. The average Bonchev–Trinajstić information content (AvgIpc) is 2.92. The highest BCUT2D eigenvalue weighted by Gasteiger charge is 2.34. The molecule has 3 aromatic rings. The van der Waals surface area contributed by atoms with Gasteiger partial charge in [-0.05, 0) is 56.0 Å². The van der Waals surface area contributed by atoms with Gasteiger partial charge in [0.1, 0.15) is 12.6 Å². The summed E-state index contributed by atoms with van der Waals surface area (Å²) in [6, 6.07) is 17.8. The van der Waals surface area contributed by atoms with Crippen LogP contribution >= 0.6 is 23.2 Å². The molecule has 2 amide bonds. The van der Waals surface area contributed by atoms with Crippen LogP contribution < -0.4 is 9.62 Å². The fraction of sp³-hybridized carbons (Fsp3) is 0.355. The Morgan fingerprint density at radius 1 is 0.927 bits per heavy atom. The van der Waals surface area contributed by atoms with Gasteiger partial charge in [0, 0.05) is 13.1 Å². The molecule has 0 aliphatic rings. The number of amides is 2. The number of aryl methyl sites for hydroxylation is 2. The third-order valence-corrected chi connectivity index (χ3v) is 9.18. The second kappa shape index (κ2) is 14.2. The first-order valence-electron chi connectivity index (χ1n) is 13.5. The van der Waals surface area contributed by atoms with Crippen molar-refractivity contribution in [2.75, 3.05) is 17.4 Å². The van der Waals surface area contributed by atoms with Crippen LogP contribution in [0.3, 0.4) is 0 Å². The van der Waals surface area contributed by atoms with Gasteiger partial charge < -0.3 is 10.2 Å². The Morgan fingerprint density at radius 2 is 1.59 bits per heavy atom. The van der Waals surface area contributed by atoms with Crippen LogP contribution in [0.2, 0.25) is 10.0 Å². The number of nitrogens with zero attached hydrogens (tertiary/aromatic N) is 2. The van der Waals surface area contributed by atoms with Gasteiger partial charge in [-0.2, -0.15) is 0 Å². The maximum atomic E-state index is 14.2. The van der Waals surface area contributed by atoms with Crippen LogP contribution in [0.15, 0.2) is 71.6 Å². The lowest BCUT2D eigenvalue weighted by Crippen LogP contribution is -2.52. The standard InChI is InChI=1S/C31H37Cl2N3O4S/c1-6-27(31(38)34-18-21(2)3)35(19-24-10-7-9-23(5)17-24)29(37)20-36(28-12-8-11-26(32)30(28)33)41(39,40)25-15-13-22(4)14-16-25/h7-17,21,27H,6,18-20H2,1-5H3,(H,34,38)/t27-/m1/s1. The number of carbonyl (C=O) groups excluding carboxylic acids is 2. The lowest BCUT2D eigenvalue weighted by atomic mass is 10.1. The number of sulfonamides is 1. The Hall–Kier alpha value is -3.07. The summed E-state index contributed by atoms with van der Waals surface area (Å²) < 4.78 is 29.0. The summed E-state index contributed by atoms with van der Waals surface area (Å²) in [6.07, 6.45) is 0.337. The molecular formula is C31H37Cl2N3O4S. The van der Waals surface area contributed by atoms with Gasteiger partial charge in [-0.15, -0.1) is 0 Å². The fourth-order valence-corrected chi connectivity index (χ4v) is 6.26. The smallest absolute Gasteiger partial charge is 0.264 e. The number of rotatable bonds is 12. The molecule has 0 bridgehead atoms. The van der Waals surface area contributed by atoms with E-state index in [1.807, 2.05) is 58.9 Å². The largest absolute Gasteiger partial charge is 0.354 e. The van der Waals surface area contributed by atoms with Gasteiger partial charge >= 0.3 is 0 Å². The second-order valence-electron chi connectivity index (χ2n) is 10.5. The lowest BCUT2D eigenvalue weighted by molar-refractivity contribution is -0.140. The SMILES string of the molecule is CC[C@H](C(=O)NCC(C)C)N(Cc1cccc(C)c1)C(=O)CN(c1cccc(Cl)c1Cl)S(=O)(=O)c1ccc(C)cc1. The minimum atomic E-state index is -4.25. The van der Waals surface area contributed by atoms with Crippen molar-refractivity contribution in [1.29, 1.82) is 0 Å². The summed E-state index contributed by atoms with van der Waals surface area (Å²) >= 11 is 12.8. The molecule has 1 atom stereocenters. The van der Waals surface area contributed by atoms with E-state index in [2.05, 4.69) is 5.32 Å². The van der Waals surface area contributed by atoms with Crippen molar-refractivity contribution in [3.63, 3.8) is 0 Å². The van der Waals surface area contributed by atoms with Crippen LogP contribution in [-0.2, 0) is 26.2 Å². The molecule has 0 saturated carbocycles. The molecule has 7 nitrogen and oxygen atoms in total. The van der Waals surface area contributed by atoms with E-state index in [0.717, 1.165) is 21.0 Å². The minimum Gasteiger partial charge on any atom is -0.354 e. The molecular weight excluding hydrogens is 581 g/mol. The molecule has 0 aromatic heterocycles. The highest BCUT2D eigenvalue weighted by molar-refractivity contribution is 7.92. The Labute approximate surface area is 253 Å². The normalized spacial score (nSPS) is 12.2. The summed E-state index contributed by atoms with van der Waals surface area (Å²) in [4.78, 5) is 28.9. The van der Waals surface area contributed by atoms with Crippen LogP contribution in [0.25, 0.3) is 0 Å². The Kier molecular flexibility index (Phi) is 11.2. The van der Waals surface area contributed by atoms with Crippen molar-refractivity contribution in [3.05, 3.63) is 93.5 Å². The van der Waals surface area contributed by atoms with Crippen LogP contribution in [0, 0.1) is 19.8 Å². The zero-order chi connectivity index (χ0) is 30.3. The van der Waals surface area contributed by atoms with Crippen LogP contribution in [0.1, 0.15) is 43.9 Å². The van der Waals surface area contributed by atoms with Crippen LogP contribution in [0.4, 0.5) is 5.69 Å². The zero-order valence-corrected chi connectivity index (χ0v) is 26.4. The number of hydrogen-bond acceptors (Lipinski definition) is 4. The maximum absolute atomic E-state index is 14.2. The molecule has 0 aliphatic carbocycles. The van der Waals surface area contributed by atoms with Gasteiger partial charge in [0.25, 0.3) is 10.0 Å². The Morgan fingerprint density at radius 3 is 2.20 bits per heavy atom. The molecule has 0 unspecified atom stereocenters. The Balaban J connectivity index is 2.09. The number of carbonyl (C=O) groups is 2. The van der Waals surface area contributed by atoms with Gasteiger partial charge in [-0.1, -0.05) is 97.6 Å². The third kappa shape index (κ3) is 8.24. The number of benzene rings is 3. The van der Waals surface area contributed by atoms with Crippen LogP contribution in [0.5, 0.6) is 0 Å². The van der Waals surface area contributed by atoms with E-state index in [-0.39, 0.29) is 39.0 Å². The fourth-order valence-electron chi connectivity index (χ4n) is 4.39. The summed E-state index contributed by atoms with van der Waals surface area (Å²) in [7, 11) is -4.25. The summed E-state index contributed by atoms with van der Waals surface area (Å²) in [5.41, 5.74) is 2.78. The summed E-state index contributed by atoms with van der Waals surface area (Å²) in [5, 5.41) is 3.08. The molecule has 0 fully saturated rings. The van der Waals surface area contributed by atoms with E-state index in [1.165, 1.54) is 23.1 Å². The zero-order valence-electron chi connectivity index (χ0n) is 24.0. The molecule has 0 saturated heterocycles. The number of nitrogens with one attached hydrogen (secondary N) is 1. The highest BCUT2D eigenvalue weighted by atomic mass is 35.5.